The molecule has 1 heteroatoms. The molecule has 0 N–H and O–H groups in total. The van der Waals surface area contributed by atoms with Gasteiger partial charge in [0.25, 0.3) is 0 Å². The van der Waals surface area contributed by atoms with Crippen molar-refractivity contribution in [3.05, 3.63) is 12.2 Å². The number of nitrogens with zero attached hydrogens (tertiary/aromatic N) is 1. The maximum absolute atomic E-state index is 4.14. The molecule has 1 nitrogen and oxygen atoms in total. The standard InChI is InChI=1S/C15H31N/c1-9-15(6,7)11-16(8)14(13(4)5)10-12(2)3/h12,14H,4,9-11H2,1-3,5-8H3. The molecule has 0 rings (SSSR count). The predicted molar refractivity (Wildman–Crippen MR) is 74.8 cm³/mol. The Balaban J connectivity index is 4.50. The van der Waals surface area contributed by atoms with E-state index in [0.717, 1.165) is 12.5 Å². The summed E-state index contributed by atoms with van der Waals surface area (Å²) in [5.41, 5.74) is 1.70. The van der Waals surface area contributed by atoms with Crippen molar-refractivity contribution in [2.45, 2.75) is 60.4 Å². The zero-order chi connectivity index (χ0) is 12.9. The SMILES string of the molecule is C=C(C)C(CC(C)C)N(C)CC(C)(C)CC. The molecule has 0 saturated carbocycles. The zero-order valence-corrected chi connectivity index (χ0v) is 12.4. The zero-order valence-electron chi connectivity index (χ0n) is 12.4. The Morgan fingerprint density at radius 3 is 2.12 bits per heavy atom. The molecule has 0 bridgehead atoms. The molecule has 0 amide bonds. The summed E-state index contributed by atoms with van der Waals surface area (Å²) >= 11 is 0. The van der Waals surface area contributed by atoms with E-state index >= 15 is 0 Å². The van der Waals surface area contributed by atoms with Crippen LogP contribution in [0.1, 0.15) is 54.4 Å². The predicted octanol–water partition coefficient (Wildman–Crippen LogP) is 4.35. The van der Waals surface area contributed by atoms with Crippen LogP contribution in [0.2, 0.25) is 0 Å². The van der Waals surface area contributed by atoms with Gasteiger partial charge in [0, 0.05) is 12.6 Å². The van der Waals surface area contributed by atoms with Crippen molar-refractivity contribution in [2.24, 2.45) is 11.3 Å². The van der Waals surface area contributed by atoms with Crippen molar-refractivity contribution in [1.82, 2.24) is 4.90 Å². The number of rotatable bonds is 7. The largest absolute Gasteiger partial charge is 0.299 e. The summed E-state index contributed by atoms with van der Waals surface area (Å²) in [6.07, 6.45) is 2.44. The summed E-state index contributed by atoms with van der Waals surface area (Å²) in [6.45, 7) is 19.0. The Morgan fingerprint density at radius 2 is 1.81 bits per heavy atom. The van der Waals surface area contributed by atoms with Gasteiger partial charge < -0.3 is 0 Å². The van der Waals surface area contributed by atoms with Gasteiger partial charge in [-0.25, -0.2) is 0 Å². The topological polar surface area (TPSA) is 3.24 Å². The minimum atomic E-state index is 0.402. The summed E-state index contributed by atoms with van der Waals surface area (Å²) in [7, 11) is 2.24. The first kappa shape index (κ1) is 15.7. The van der Waals surface area contributed by atoms with Crippen molar-refractivity contribution in [1.29, 1.82) is 0 Å². The Hall–Kier alpha value is -0.300. The van der Waals surface area contributed by atoms with Crippen LogP contribution >= 0.6 is 0 Å². The van der Waals surface area contributed by atoms with Gasteiger partial charge in [0.15, 0.2) is 0 Å². The highest BCUT2D eigenvalue weighted by molar-refractivity contribution is 5.02. The van der Waals surface area contributed by atoms with Gasteiger partial charge in [0.05, 0.1) is 0 Å². The molecule has 0 aliphatic heterocycles. The smallest absolute Gasteiger partial charge is 0.0301 e. The van der Waals surface area contributed by atoms with Crippen LogP contribution < -0.4 is 0 Å². The minimum Gasteiger partial charge on any atom is -0.299 e. The Kier molecular flexibility index (Phi) is 6.32. The first-order valence-corrected chi connectivity index (χ1v) is 6.55. The van der Waals surface area contributed by atoms with Crippen LogP contribution in [0.3, 0.4) is 0 Å². The van der Waals surface area contributed by atoms with E-state index in [4.69, 9.17) is 0 Å². The summed E-state index contributed by atoms with van der Waals surface area (Å²) in [4.78, 5) is 2.48. The maximum atomic E-state index is 4.14. The Labute approximate surface area is 103 Å². The monoisotopic (exact) mass is 225 g/mol. The molecule has 0 fully saturated rings. The highest BCUT2D eigenvalue weighted by atomic mass is 15.1. The molecule has 0 spiro atoms. The lowest BCUT2D eigenvalue weighted by atomic mass is 9.88. The summed E-state index contributed by atoms with van der Waals surface area (Å²) in [5, 5.41) is 0. The number of likely N-dealkylation sites (N-methyl/N-ethyl adjacent to an activating group) is 1. The number of hydrogen-bond donors (Lipinski definition) is 0. The Morgan fingerprint density at radius 1 is 1.31 bits per heavy atom. The van der Waals surface area contributed by atoms with Crippen molar-refractivity contribution >= 4 is 0 Å². The molecule has 0 aliphatic rings. The van der Waals surface area contributed by atoms with Gasteiger partial charge in [-0.05, 0) is 38.1 Å². The van der Waals surface area contributed by atoms with Crippen LogP contribution in [0.15, 0.2) is 12.2 Å². The molecule has 0 aliphatic carbocycles. The third-order valence-corrected chi connectivity index (χ3v) is 3.43. The van der Waals surface area contributed by atoms with E-state index in [1.807, 2.05) is 0 Å². The van der Waals surface area contributed by atoms with E-state index in [1.54, 1.807) is 0 Å². The van der Waals surface area contributed by atoms with E-state index in [0.29, 0.717) is 11.5 Å². The molecule has 0 aromatic rings. The van der Waals surface area contributed by atoms with Gasteiger partial charge in [0.1, 0.15) is 0 Å². The molecule has 96 valence electrons. The molecular formula is C15H31N. The first-order chi connectivity index (χ1) is 7.19. The van der Waals surface area contributed by atoms with Gasteiger partial charge in [-0.3, -0.25) is 4.90 Å². The second kappa shape index (κ2) is 6.44. The Bertz CT molecular complexity index is 215. The van der Waals surface area contributed by atoms with Gasteiger partial charge >= 0.3 is 0 Å². The maximum Gasteiger partial charge on any atom is 0.0301 e. The summed E-state index contributed by atoms with van der Waals surface area (Å²) in [5.74, 6) is 0.730. The molecule has 0 heterocycles. The van der Waals surface area contributed by atoms with Crippen molar-refractivity contribution < 1.29 is 0 Å². The van der Waals surface area contributed by atoms with Gasteiger partial charge in [-0.15, -0.1) is 0 Å². The fraction of sp³-hybridized carbons (Fsp3) is 0.867. The van der Waals surface area contributed by atoms with Crippen molar-refractivity contribution in [2.75, 3.05) is 13.6 Å². The average molecular weight is 225 g/mol. The van der Waals surface area contributed by atoms with Crippen LogP contribution in [0, 0.1) is 11.3 Å². The van der Waals surface area contributed by atoms with Crippen LogP contribution in [0.4, 0.5) is 0 Å². The molecule has 1 atom stereocenters. The van der Waals surface area contributed by atoms with E-state index in [2.05, 4.69) is 60.1 Å². The lowest BCUT2D eigenvalue weighted by Crippen LogP contribution is -2.39. The van der Waals surface area contributed by atoms with Gasteiger partial charge in [-0.1, -0.05) is 46.8 Å². The lowest BCUT2D eigenvalue weighted by Gasteiger charge is -2.36. The average Bonchev–Trinajstić information content (AvgIpc) is 2.12. The van der Waals surface area contributed by atoms with Gasteiger partial charge in [0.2, 0.25) is 0 Å². The fourth-order valence-electron chi connectivity index (χ4n) is 2.10. The second-order valence-corrected chi connectivity index (χ2v) is 6.42. The normalized spacial score (nSPS) is 14.6. The summed E-state index contributed by atoms with van der Waals surface area (Å²) in [6, 6.07) is 0.533. The van der Waals surface area contributed by atoms with E-state index in [9.17, 15) is 0 Å². The van der Waals surface area contributed by atoms with E-state index in [-0.39, 0.29) is 0 Å². The molecule has 0 aromatic carbocycles. The molecular weight excluding hydrogens is 194 g/mol. The quantitative estimate of drug-likeness (QED) is 0.582. The third-order valence-electron chi connectivity index (χ3n) is 3.43. The lowest BCUT2D eigenvalue weighted by molar-refractivity contribution is 0.159. The fourth-order valence-corrected chi connectivity index (χ4v) is 2.10. The highest BCUT2D eigenvalue weighted by Crippen LogP contribution is 2.25. The third kappa shape index (κ3) is 5.69. The molecule has 1 unspecified atom stereocenters. The van der Waals surface area contributed by atoms with Crippen molar-refractivity contribution in [3.63, 3.8) is 0 Å². The minimum absolute atomic E-state index is 0.402. The molecule has 0 radical (unpaired) electrons. The number of hydrogen-bond acceptors (Lipinski definition) is 1. The molecule has 16 heavy (non-hydrogen) atoms. The van der Waals surface area contributed by atoms with Crippen LogP contribution in [-0.4, -0.2) is 24.5 Å². The van der Waals surface area contributed by atoms with Crippen molar-refractivity contribution in [3.8, 4) is 0 Å². The molecule has 0 saturated heterocycles. The van der Waals surface area contributed by atoms with E-state index in [1.165, 1.54) is 18.4 Å². The molecule has 0 aromatic heterocycles. The van der Waals surface area contributed by atoms with Crippen LogP contribution in [0.5, 0.6) is 0 Å². The summed E-state index contributed by atoms with van der Waals surface area (Å²) < 4.78 is 0. The van der Waals surface area contributed by atoms with Gasteiger partial charge in [-0.2, -0.15) is 0 Å². The van der Waals surface area contributed by atoms with Crippen LogP contribution in [-0.2, 0) is 0 Å². The highest BCUT2D eigenvalue weighted by Gasteiger charge is 2.23. The first-order valence-electron chi connectivity index (χ1n) is 6.55. The second-order valence-electron chi connectivity index (χ2n) is 6.42. The van der Waals surface area contributed by atoms with E-state index < -0.39 is 0 Å². The van der Waals surface area contributed by atoms with Crippen LogP contribution in [0.25, 0.3) is 0 Å².